The average molecular weight is 322 g/mol. The maximum atomic E-state index is 13.2. The first-order valence-electron chi connectivity index (χ1n) is 8.16. The maximum absolute atomic E-state index is 13.2. The molecule has 1 unspecified atom stereocenters. The molecule has 2 aromatic rings. The monoisotopic (exact) mass is 322 g/mol. The number of carbonyl (C=O) groups excluding carboxylic acids is 1. The molecule has 122 valence electrons. The Hall–Kier alpha value is -2.69. The van der Waals surface area contributed by atoms with E-state index in [9.17, 15) is 4.79 Å². The standard InChI is InChI=1S/C19H18N2O3/c1-20-7-8-23-17-10-16-13(9-15(17)20)19(11-24-16)12-5-3-4-6-14(12)21(2)18(19)22/h3-6,9-10H,7-8,11H2,1-2H3. The van der Waals surface area contributed by atoms with Crippen LogP contribution in [0.2, 0.25) is 0 Å². The van der Waals surface area contributed by atoms with Gasteiger partial charge in [0.1, 0.15) is 30.1 Å². The number of rotatable bonds is 0. The summed E-state index contributed by atoms with van der Waals surface area (Å²) in [5.74, 6) is 1.65. The molecule has 3 heterocycles. The number of para-hydroxylation sites is 1. The lowest BCUT2D eigenvalue weighted by Crippen LogP contribution is -2.41. The van der Waals surface area contributed by atoms with E-state index >= 15 is 0 Å². The minimum atomic E-state index is -0.742. The lowest BCUT2D eigenvalue weighted by atomic mass is 9.77. The molecule has 1 atom stereocenters. The van der Waals surface area contributed by atoms with Crippen LogP contribution in [-0.4, -0.2) is 39.8 Å². The van der Waals surface area contributed by atoms with Crippen molar-refractivity contribution in [2.75, 3.05) is 43.7 Å². The topological polar surface area (TPSA) is 42.0 Å². The van der Waals surface area contributed by atoms with E-state index in [4.69, 9.17) is 9.47 Å². The van der Waals surface area contributed by atoms with Crippen molar-refractivity contribution < 1.29 is 14.3 Å². The number of likely N-dealkylation sites (N-methyl/N-ethyl adjacent to an activating group) is 2. The fourth-order valence-corrected chi connectivity index (χ4v) is 4.13. The van der Waals surface area contributed by atoms with E-state index in [0.29, 0.717) is 13.2 Å². The molecule has 5 heteroatoms. The van der Waals surface area contributed by atoms with Gasteiger partial charge in [0.15, 0.2) is 0 Å². The molecule has 1 spiro atoms. The first-order valence-corrected chi connectivity index (χ1v) is 8.16. The van der Waals surface area contributed by atoms with Crippen molar-refractivity contribution in [2.24, 2.45) is 0 Å². The van der Waals surface area contributed by atoms with Gasteiger partial charge in [-0.2, -0.15) is 0 Å². The van der Waals surface area contributed by atoms with Crippen molar-refractivity contribution in [1.82, 2.24) is 0 Å². The third-order valence-electron chi connectivity index (χ3n) is 5.46. The smallest absolute Gasteiger partial charge is 0.245 e. The van der Waals surface area contributed by atoms with Crippen LogP contribution in [0.5, 0.6) is 11.5 Å². The SMILES string of the molecule is CN1CCOc2cc3c(cc21)C1(CO3)C(=O)N(C)c2ccccc21. The first kappa shape index (κ1) is 13.7. The number of nitrogens with zero attached hydrogens (tertiary/aromatic N) is 2. The fraction of sp³-hybridized carbons (Fsp3) is 0.316. The predicted molar refractivity (Wildman–Crippen MR) is 91.3 cm³/mol. The average Bonchev–Trinajstić information content (AvgIpc) is 3.08. The molecule has 5 rings (SSSR count). The summed E-state index contributed by atoms with van der Waals surface area (Å²) in [5, 5.41) is 0. The van der Waals surface area contributed by atoms with Crippen molar-refractivity contribution in [1.29, 1.82) is 0 Å². The van der Waals surface area contributed by atoms with Gasteiger partial charge in [-0.05, 0) is 17.7 Å². The molecule has 0 saturated heterocycles. The van der Waals surface area contributed by atoms with Crippen LogP contribution >= 0.6 is 0 Å². The second-order valence-corrected chi connectivity index (χ2v) is 6.66. The number of benzene rings is 2. The van der Waals surface area contributed by atoms with Gasteiger partial charge < -0.3 is 19.3 Å². The van der Waals surface area contributed by atoms with E-state index in [0.717, 1.165) is 40.5 Å². The van der Waals surface area contributed by atoms with Gasteiger partial charge in [-0.15, -0.1) is 0 Å². The highest BCUT2D eigenvalue weighted by molar-refractivity contribution is 6.11. The quantitative estimate of drug-likeness (QED) is 0.745. The number of hydrogen-bond donors (Lipinski definition) is 0. The third-order valence-corrected chi connectivity index (χ3v) is 5.46. The number of hydrogen-bond acceptors (Lipinski definition) is 4. The van der Waals surface area contributed by atoms with Gasteiger partial charge in [0.25, 0.3) is 0 Å². The zero-order valence-corrected chi connectivity index (χ0v) is 13.7. The molecule has 2 aromatic carbocycles. The van der Waals surface area contributed by atoms with Crippen molar-refractivity contribution in [2.45, 2.75) is 5.41 Å². The Morgan fingerprint density at radius 1 is 1.00 bits per heavy atom. The highest BCUT2D eigenvalue weighted by atomic mass is 16.5. The molecule has 0 fully saturated rings. The number of anilines is 2. The lowest BCUT2D eigenvalue weighted by molar-refractivity contribution is -0.121. The van der Waals surface area contributed by atoms with E-state index in [1.165, 1.54) is 0 Å². The fourth-order valence-electron chi connectivity index (χ4n) is 4.13. The predicted octanol–water partition coefficient (Wildman–Crippen LogP) is 2.17. The van der Waals surface area contributed by atoms with Crippen LogP contribution in [0.4, 0.5) is 11.4 Å². The number of carbonyl (C=O) groups is 1. The van der Waals surface area contributed by atoms with Gasteiger partial charge in [0.05, 0.1) is 12.2 Å². The second kappa shape index (κ2) is 4.44. The molecular weight excluding hydrogens is 304 g/mol. The number of fused-ring (bicyclic) bond motifs is 5. The summed E-state index contributed by atoms with van der Waals surface area (Å²) in [6.07, 6.45) is 0. The minimum Gasteiger partial charge on any atom is -0.491 e. The zero-order valence-electron chi connectivity index (χ0n) is 13.7. The Balaban J connectivity index is 1.77. The minimum absolute atomic E-state index is 0.0711. The van der Waals surface area contributed by atoms with Gasteiger partial charge in [-0.1, -0.05) is 18.2 Å². The summed E-state index contributed by atoms with van der Waals surface area (Å²) >= 11 is 0. The highest BCUT2D eigenvalue weighted by Crippen LogP contribution is 2.54. The maximum Gasteiger partial charge on any atom is 0.245 e. The van der Waals surface area contributed by atoms with Crippen LogP contribution in [0, 0.1) is 0 Å². The molecular formula is C19H18N2O3. The summed E-state index contributed by atoms with van der Waals surface area (Å²) in [6.45, 7) is 1.84. The molecule has 5 nitrogen and oxygen atoms in total. The van der Waals surface area contributed by atoms with Gasteiger partial charge in [-0.25, -0.2) is 0 Å². The molecule has 0 saturated carbocycles. The lowest BCUT2D eigenvalue weighted by Gasteiger charge is -2.29. The molecule has 24 heavy (non-hydrogen) atoms. The Kier molecular flexibility index (Phi) is 2.54. The third kappa shape index (κ3) is 1.47. The van der Waals surface area contributed by atoms with E-state index in [2.05, 4.69) is 11.0 Å². The van der Waals surface area contributed by atoms with E-state index in [1.807, 2.05) is 44.4 Å². The van der Waals surface area contributed by atoms with E-state index < -0.39 is 5.41 Å². The Labute approximate surface area is 140 Å². The van der Waals surface area contributed by atoms with Crippen LogP contribution in [0.1, 0.15) is 11.1 Å². The Bertz CT molecular complexity index is 879. The first-order chi connectivity index (χ1) is 11.6. The van der Waals surface area contributed by atoms with Gasteiger partial charge >= 0.3 is 0 Å². The van der Waals surface area contributed by atoms with E-state index in [-0.39, 0.29) is 5.91 Å². The summed E-state index contributed by atoms with van der Waals surface area (Å²) in [6, 6.07) is 12.0. The highest BCUT2D eigenvalue weighted by Gasteiger charge is 2.56. The molecule has 0 bridgehead atoms. The molecule has 3 aliphatic heterocycles. The largest absolute Gasteiger partial charge is 0.491 e. The van der Waals surface area contributed by atoms with Crippen molar-refractivity contribution >= 4 is 17.3 Å². The normalized spacial score (nSPS) is 23.7. The summed E-state index contributed by atoms with van der Waals surface area (Å²) in [4.78, 5) is 17.1. The van der Waals surface area contributed by atoms with Crippen LogP contribution in [0.25, 0.3) is 0 Å². The van der Waals surface area contributed by atoms with Crippen LogP contribution < -0.4 is 19.3 Å². The van der Waals surface area contributed by atoms with Gasteiger partial charge in [0, 0.05) is 31.4 Å². The van der Waals surface area contributed by atoms with Gasteiger partial charge in [0.2, 0.25) is 5.91 Å². The molecule has 0 radical (unpaired) electrons. The molecule has 1 amide bonds. The van der Waals surface area contributed by atoms with Crippen LogP contribution in [0.15, 0.2) is 36.4 Å². The van der Waals surface area contributed by atoms with Crippen LogP contribution in [-0.2, 0) is 10.2 Å². The Morgan fingerprint density at radius 3 is 2.71 bits per heavy atom. The molecule has 3 aliphatic rings. The molecule has 0 aromatic heterocycles. The summed E-state index contributed by atoms with van der Waals surface area (Å²) in [5.41, 5.74) is 3.20. The molecule has 0 N–H and O–H groups in total. The number of ether oxygens (including phenoxy) is 2. The second-order valence-electron chi connectivity index (χ2n) is 6.66. The van der Waals surface area contributed by atoms with Gasteiger partial charge in [-0.3, -0.25) is 4.79 Å². The Morgan fingerprint density at radius 2 is 1.83 bits per heavy atom. The van der Waals surface area contributed by atoms with Crippen LogP contribution in [0.3, 0.4) is 0 Å². The van der Waals surface area contributed by atoms with Crippen molar-refractivity contribution in [3.05, 3.63) is 47.5 Å². The van der Waals surface area contributed by atoms with E-state index in [1.54, 1.807) is 4.90 Å². The van der Waals surface area contributed by atoms with Crippen molar-refractivity contribution in [3.63, 3.8) is 0 Å². The summed E-state index contributed by atoms with van der Waals surface area (Å²) < 4.78 is 11.7. The van der Waals surface area contributed by atoms with Crippen molar-refractivity contribution in [3.8, 4) is 11.5 Å². The molecule has 0 aliphatic carbocycles. The summed E-state index contributed by atoms with van der Waals surface area (Å²) in [7, 11) is 3.88. The number of amides is 1. The zero-order chi connectivity index (χ0) is 16.5.